The fourth-order valence-corrected chi connectivity index (χ4v) is 2.83. The van der Waals surface area contributed by atoms with Crippen molar-refractivity contribution >= 4 is 17.5 Å². The van der Waals surface area contributed by atoms with Crippen LogP contribution in [0.3, 0.4) is 0 Å². The molecule has 0 aromatic heterocycles. The van der Waals surface area contributed by atoms with E-state index in [-0.39, 0.29) is 11.8 Å². The van der Waals surface area contributed by atoms with Gasteiger partial charge in [0.05, 0.1) is 11.5 Å². The molecular formula is C15H21ClN2O2. The molecule has 2 atom stereocenters. The quantitative estimate of drug-likeness (QED) is 0.785. The van der Waals surface area contributed by atoms with Gasteiger partial charge in [0.2, 0.25) is 5.91 Å². The maximum Gasteiger partial charge on any atom is 0.230 e. The highest BCUT2D eigenvalue weighted by Crippen LogP contribution is 2.29. The minimum atomic E-state index is -0.699. The van der Waals surface area contributed by atoms with Crippen LogP contribution in [0.25, 0.3) is 0 Å². The zero-order valence-electron chi connectivity index (χ0n) is 11.8. The molecule has 1 aliphatic heterocycles. The summed E-state index contributed by atoms with van der Waals surface area (Å²) in [6, 6.07) is 7.38. The van der Waals surface area contributed by atoms with Crippen LogP contribution in [0.5, 0.6) is 0 Å². The second-order valence-corrected chi connectivity index (χ2v) is 6.21. The normalized spacial score (nSPS) is 22.8. The molecule has 1 saturated heterocycles. The van der Waals surface area contributed by atoms with E-state index >= 15 is 0 Å². The third kappa shape index (κ3) is 3.14. The van der Waals surface area contributed by atoms with Crippen LogP contribution < -0.4 is 10.6 Å². The highest BCUT2D eigenvalue weighted by molar-refractivity contribution is 6.31. The molecule has 0 saturated carbocycles. The molecule has 2 unspecified atom stereocenters. The maximum atomic E-state index is 12.4. The summed E-state index contributed by atoms with van der Waals surface area (Å²) in [5.74, 6) is -0.00862. The van der Waals surface area contributed by atoms with Crippen LogP contribution in [-0.4, -0.2) is 36.8 Å². The van der Waals surface area contributed by atoms with Crippen LogP contribution in [0.15, 0.2) is 24.3 Å². The minimum Gasteiger partial charge on any atom is -0.391 e. The summed E-state index contributed by atoms with van der Waals surface area (Å²) in [5.41, 5.74) is 0.110. The topological polar surface area (TPSA) is 61.4 Å². The van der Waals surface area contributed by atoms with E-state index in [1.165, 1.54) is 0 Å². The summed E-state index contributed by atoms with van der Waals surface area (Å²) >= 11 is 6.17. The van der Waals surface area contributed by atoms with Crippen LogP contribution >= 0.6 is 11.6 Å². The van der Waals surface area contributed by atoms with Crippen LogP contribution in [0.2, 0.25) is 5.02 Å². The van der Waals surface area contributed by atoms with Gasteiger partial charge >= 0.3 is 0 Å². The summed E-state index contributed by atoms with van der Waals surface area (Å²) in [6.45, 7) is 5.50. The first kappa shape index (κ1) is 15.3. The van der Waals surface area contributed by atoms with Gasteiger partial charge in [0.25, 0.3) is 0 Å². The molecule has 0 spiro atoms. The van der Waals surface area contributed by atoms with Gasteiger partial charge in [0.1, 0.15) is 0 Å². The first-order chi connectivity index (χ1) is 9.43. The van der Waals surface area contributed by atoms with Gasteiger partial charge in [-0.25, -0.2) is 0 Å². The van der Waals surface area contributed by atoms with Gasteiger partial charge in [0.15, 0.2) is 0 Å². The number of amides is 1. The first-order valence-corrected chi connectivity index (χ1v) is 7.23. The van der Waals surface area contributed by atoms with Crippen molar-refractivity contribution in [3.05, 3.63) is 34.9 Å². The molecule has 110 valence electrons. The molecule has 0 aliphatic carbocycles. The molecule has 1 aliphatic rings. The Morgan fingerprint density at radius 1 is 1.45 bits per heavy atom. The molecular weight excluding hydrogens is 276 g/mol. The van der Waals surface area contributed by atoms with E-state index in [1.54, 1.807) is 6.07 Å². The smallest absolute Gasteiger partial charge is 0.230 e. The SMILES string of the molecule is CC(C)(C(=O)NCC1CNCC1O)c1ccccc1Cl. The Balaban J connectivity index is 2.02. The Morgan fingerprint density at radius 2 is 2.15 bits per heavy atom. The summed E-state index contributed by atoms with van der Waals surface area (Å²) in [7, 11) is 0. The van der Waals surface area contributed by atoms with Crippen molar-refractivity contribution in [3.8, 4) is 0 Å². The number of benzene rings is 1. The average Bonchev–Trinajstić information content (AvgIpc) is 2.81. The molecule has 3 N–H and O–H groups in total. The van der Waals surface area contributed by atoms with Crippen molar-refractivity contribution in [1.82, 2.24) is 10.6 Å². The highest BCUT2D eigenvalue weighted by Gasteiger charge is 2.33. The molecule has 0 bridgehead atoms. The van der Waals surface area contributed by atoms with E-state index in [2.05, 4.69) is 10.6 Å². The number of halogens is 1. The third-order valence-corrected chi connectivity index (χ3v) is 4.27. The van der Waals surface area contributed by atoms with Crippen molar-refractivity contribution in [2.45, 2.75) is 25.4 Å². The van der Waals surface area contributed by atoms with Gasteiger partial charge in [-0.15, -0.1) is 0 Å². The molecule has 2 rings (SSSR count). The van der Waals surface area contributed by atoms with E-state index in [0.29, 0.717) is 18.1 Å². The zero-order valence-corrected chi connectivity index (χ0v) is 12.6. The Kier molecular flexibility index (Phi) is 4.68. The molecule has 1 aromatic rings. The van der Waals surface area contributed by atoms with Gasteiger partial charge in [-0.2, -0.15) is 0 Å². The lowest BCUT2D eigenvalue weighted by molar-refractivity contribution is -0.125. The van der Waals surface area contributed by atoms with E-state index in [1.807, 2.05) is 32.0 Å². The Morgan fingerprint density at radius 3 is 2.75 bits per heavy atom. The van der Waals surface area contributed by atoms with Gasteiger partial charge in [-0.1, -0.05) is 29.8 Å². The number of aliphatic hydroxyl groups is 1. The molecule has 1 heterocycles. The predicted octanol–water partition coefficient (Wildman–Crippen LogP) is 1.31. The molecule has 4 nitrogen and oxygen atoms in total. The molecule has 1 fully saturated rings. The first-order valence-electron chi connectivity index (χ1n) is 6.85. The second-order valence-electron chi connectivity index (χ2n) is 5.80. The molecule has 1 aromatic carbocycles. The number of rotatable bonds is 4. The molecule has 5 heteroatoms. The van der Waals surface area contributed by atoms with E-state index < -0.39 is 11.5 Å². The van der Waals surface area contributed by atoms with Gasteiger partial charge in [-0.05, 0) is 25.5 Å². The summed E-state index contributed by atoms with van der Waals surface area (Å²) in [4.78, 5) is 12.4. The lowest BCUT2D eigenvalue weighted by Crippen LogP contribution is -2.43. The molecule has 1 amide bonds. The Labute approximate surface area is 124 Å². The van der Waals surface area contributed by atoms with E-state index in [0.717, 1.165) is 12.1 Å². The fraction of sp³-hybridized carbons (Fsp3) is 0.533. The van der Waals surface area contributed by atoms with E-state index in [9.17, 15) is 9.90 Å². The molecule has 20 heavy (non-hydrogen) atoms. The summed E-state index contributed by atoms with van der Waals surface area (Å²) < 4.78 is 0. The minimum absolute atomic E-state index is 0.0704. The molecule has 0 radical (unpaired) electrons. The lowest BCUT2D eigenvalue weighted by Gasteiger charge is -2.26. The monoisotopic (exact) mass is 296 g/mol. The van der Waals surface area contributed by atoms with E-state index in [4.69, 9.17) is 11.6 Å². The van der Waals surface area contributed by atoms with Gasteiger partial charge in [0, 0.05) is 30.6 Å². The summed E-state index contributed by atoms with van der Waals surface area (Å²) in [5, 5.41) is 16.4. The van der Waals surface area contributed by atoms with Crippen molar-refractivity contribution in [3.63, 3.8) is 0 Å². The Bertz CT molecular complexity index is 491. The lowest BCUT2D eigenvalue weighted by atomic mass is 9.83. The van der Waals surface area contributed by atoms with Crippen LogP contribution in [0.4, 0.5) is 0 Å². The van der Waals surface area contributed by atoms with Crippen LogP contribution in [0.1, 0.15) is 19.4 Å². The van der Waals surface area contributed by atoms with Crippen molar-refractivity contribution < 1.29 is 9.90 Å². The highest BCUT2D eigenvalue weighted by atomic mass is 35.5. The standard InChI is InChI=1S/C15H21ClN2O2/c1-15(2,11-5-3-4-6-12(11)16)14(20)18-8-10-7-17-9-13(10)19/h3-6,10,13,17,19H,7-9H2,1-2H3,(H,18,20). The van der Waals surface area contributed by atoms with Crippen molar-refractivity contribution in [1.29, 1.82) is 0 Å². The number of aliphatic hydroxyl groups excluding tert-OH is 1. The number of carbonyl (C=O) groups is 1. The zero-order chi connectivity index (χ0) is 14.8. The van der Waals surface area contributed by atoms with Crippen molar-refractivity contribution in [2.75, 3.05) is 19.6 Å². The number of hydrogen-bond donors (Lipinski definition) is 3. The van der Waals surface area contributed by atoms with Gasteiger partial charge in [-0.3, -0.25) is 4.79 Å². The number of carbonyl (C=O) groups excluding carboxylic acids is 1. The van der Waals surface area contributed by atoms with Crippen LogP contribution in [0, 0.1) is 5.92 Å². The average molecular weight is 297 g/mol. The number of β-amino-alcohol motifs (C(OH)–C–C–N with tert-alkyl or cyclic N) is 1. The predicted molar refractivity (Wildman–Crippen MR) is 79.9 cm³/mol. The number of hydrogen-bond acceptors (Lipinski definition) is 3. The fourth-order valence-electron chi connectivity index (χ4n) is 2.46. The summed E-state index contributed by atoms with van der Waals surface area (Å²) in [6.07, 6.45) is -0.390. The third-order valence-electron chi connectivity index (χ3n) is 3.94. The maximum absolute atomic E-state index is 12.4. The van der Waals surface area contributed by atoms with Crippen LogP contribution in [-0.2, 0) is 10.2 Å². The number of nitrogens with one attached hydrogen (secondary N) is 2. The largest absolute Gasteiger partial charge is 0.391 e. The Hall–Kier alpha value is -1.10. The van der Waals surface area contributed by atoms with Crippen molar-refractivity contribution in [2.24, 2.45) is 5.92 Å². The van der Waals surface area contributed by atoms with Gasteiger partial charge < -0.3 is 15.7 Å². The second kappa shape index (κ2) is 6.12.